The van der Waals surface area contributed by atoms with Crippen LogP contribution in [0.15, 0.2) is 39.7 Å². The molecule has 1 aliphatic heterocycles. The number of fused-ring (bicyclic) bond motifs is 3. The Labute approximate surface area is 246 Å². The van der Waals surface area contributed by atoms with Gasteiger partial charge in [-0.1, -0.05) is 13.8 Å². The minimum Gasteiger partial charge on any atom is -0.508 e. The van der Waals surface area contributed by atoms with E-state index in [4.69, 9.17) is 14.9 Å². The van der Waals surface area contributed by atoms with Gasteiger partial charge in [0.2, 0.25) is 11.7 Å². The molecule has 1 spiro atoms. The van der Waals surface area contributed by atoms with Crippen LogP contribution in [0.1, 0.15) is 55.8 Å². The van der Waals surface area contributed by atoms with E-state index in [9.17, 15) is 34.8 Å². The highest BCUT2D eigenvalue weighted by Gasteiger charge is 2.64. The fraction of sp³-hybridized carbons (Fsp3) is 0.484. The highest BCUT2D eigenvalue weighted by molar-refractivity contribution is 6.24. The molecule has 1 amide bonds. The van der Waals surface area contributed by atoms with Crippen LogP contribution in [-0.2, 0) is 25.5 Å². The Balaban J connectivity index is 1.33. The third-order valence-electron chi connectivity index (χ3n) is 10.0. The molecule has 4 aliphatic carbocycles. The summed E-state index contributed by atoms with van der Waals surface area (Å²) in [4.78, 5) is 44.7. The topological polar surface area (TPSA) is 205 Å². The molecule has 0 bridgehead atoms. The Morgan fingerprint density at radius 1 is 1.16 bits per heavy atom. The number of oxazole rings is 1. The standard InChI is InChI=1S/C31H33N3O9/c1-12(2)18-9-43-29(34-18)15-3-4-19(35)21-16(15)5-13-6-17-23(33-14-7-30(8-14)10-42-11-30)25(37)22(28(32)40)27(39)31(17,41)26(38)20(13)24(21)36/h3-4,9,12-14,17,23,33,35-36,39,41H,5-8,10-11H2,1-2H3,(H2,32,40)/t13-,17-,23+,31-/m0/s1. The number of Topliss-reactive ketones (excluding diaryl/α,β-unsaturated/α-hetero) is 2. The number of carbonyl (C=O) groups is 3. The molecule has 4 atom stereocenters. The van der Waals surface area contributed by atoms with Gasteiger partial charge in [-0.25, -0.2) is 4.98 Å². The number of phenolic OH excluding ortho intramolecular Hbond substituents is 1. The van der Waals surface area contributed by atoms with Gasteiger partial charge in [0.05, 0.1) is 30.5 Å². The first-order valence-electron chi connectivity index (χ1n) is 14.5. The van der Waals surface area contributed by atoms with Gasteiger partial charge in [-0.2, -0.15) is 0 Å². The lowest BCUT2D eigenvalue weighted by Gasteiger charge is -2.56. The molecule has 1 aromatic carbocycles. The van der Waals surface area contributed by atoms with Crippen molar-refractivity contribution < 1.29 is 44.0 Å². The van der Waals surface area contributed by atoms with Gasteiger partial charge in [0.15, 0.2) is 11.4 Å². The van der Waals surface area contributed by atoms with Crippen molar-refractivity contribution in [1.29, 1.82) is 0 Å². The number of aromatic hydroxyl groups is 1. The number of nitrogens with two attached hydrogens (primary N) is 1. The lowest BCUT2D eigenvalue weighted by Crippen LogP contribution is -2.69. The van der Waals surface area contributed by atoms with E-state index in [1.54, 1.807) is 12.3 Å². The normalized spacial score (nSPS) is 29.7. The molecule has 0 radical (unpaired) electrons. The summed E-state index contributed by atoms with van der Waals surface area (Å²) in [7, 11) is 0. The van der Waals surface area contributed by atoms with E-state index < -0.39 is 58.0 Å². The summed E-state index contributed by atoms with van der Waals surface area (Å²) < 4.78 is 11.1. The SMILES string of the molecule is CC(C)c1coc(-c2ccc(O)c3c2C[C@H]2C[C@H]4[C@@H](NC5CC6(COC6)C5)C(=O)C(C(N)=O)=C(O)[C@@]4(O)C(=O)C2=C3O)n1. The first kappa shape index (κ1) is 27.8. The number of primary amides is 1. The molecule has 2 heterocycles. The number of aromatic nitrogens is 1. The summed E-state index contributed by atoms with van der Waals surface area (Å²) in [6.45, 7) is 5.18. The second-order valence-corrected chi connectivity index (χ2v) is 13.0. The van der Waals surface area contributed by atoms with Crippen molar-refractivity contribution in [3.05, 3.63) is 52.1 Å². The minimum atomic E-state index is -2.70. The van der Waals surface area contributed by atoms with Crippen LogP contribution in [-0.4, -0.2) is 73.8 Å². The molecule has 43 heavy (non-hydrogen) atoms. The molecule has 1 aromatic heterocycles. The number of carbonyl (C=O) groups excluding carboxylic acids is 3. The summed E-state index contributed by atoms with van der Waals surface area (Å²) in [6.07, 6.45) is 3.13. The Morgan fingerprint density at radius 2 is 1.88 bits per heavy atom. The van der Waals surface area contributed by atoms with Crippen LogP contribution in [0.4, 0.5) is 0 Å². The van der Waals surface area contributed by atoms with Crippen LogP contribution in [0.3, 0.4) is 0 Å². The smallest absolute Gasteiger partial charge is 0.255 e. The fourth-order valence-corrected chi connectivity index (χ4v) is 7.73. The van der Waals surface area contributed by atoms with Gasteiger partial charge in [0.25, 0.3) is 5.91 Å². The molecule has 12 nitrogen and oxygen atoms in total. The van der Waals surface area contributed by atoms with Crippen molar-refractivity contribution in [2.24, 2.45) is 23.0 Å². The average Bonchev–Trinajstić information content (AvgIpc) is 3.39. The second-order valence-electron chi connectivity index (χ2n) is 13.0. The summed E-state index contributed by atoms with van der Waals surface area (Å²) >= 11 is 0. The number of rotatable bonds is 5. The molecule has 7 N–H and O–H groups in total. The lowest BCUT2D eigenvalue weighted by atomic mass is 9.57. The highest BCUT2D eigenvalue weighted by Crippen LogP contribution is 2.54. The second kappa shape index (κ2) is 9.25. The van der Waals surface area contributed by atoms with Crippen LogP contribution in [0.25, 0.3) is 17.2 Å². The van der Waals surface area contributed by atoms with Gasteiger partial charge < -0.3 is 40.6 Å². The van der Waals surface area contributed by atoms with Crippen LogP contribution in [0.5, 0.6) is 5.75 Å². The molecular formula is C31H33N3O9. The van der Waals surface area contributed by atoms with E-state index in [1.807, 2.05) is 13.8 Å². The molecule has 12 heteroatoms. The number of phenols is 1. The zero-order valence-corrected chi connectivity index (χ0v) is 23.7. The summed E-state index contributed by atoms with van der Waals surface area (Å²) in [5, 5.41) is 48.6. The number of aliphatic hydroxyl groups is 3. The number of nitrogens with zero attached hydrogens (tertiary/aromatic N) is 1. The van der Waals surface area contributed by atoms with Gasteiger partial charge in [-0.3, -0.25) is 14.4 Å². The summed E-state index contributed by atoms with van der Waals surface area (Å²) in [5.74, 6) is -6.55. The predicted octanol–water partition coefficient (Wildman–Crippen LogP) is 1.95. The van der Waals surface area contributed by atoms with Crippen molar-refractivity contribution >= 4 is 23.2 Å². The largest absolute Gasteiger partial charge is 0.508 e. The van der Waals surface area contributed by atoms with Gasteiger partial charge >= 0.3 is 0 Å². The van der Waals surface area contributed by atoms with Crippen molar-refractivity contribution in [2.45, 2.75) is 63.1 Å². The molecule has 5 aliphatic rings. The lowest BCUT2D eigenvalue weighted by molar-refractivity contribution is -0.172. The molecule has 7 rings (SSSR count). The quantitative estimate of drug-likeness (QED) is 0.277. The molecule has 0 unspecified atom stereocenters. The number of nitrogens with one attached hydrogen (secondary N) is 1. The first-order chi connectivity index (χ1) is 20.4. The highest BCUT2D eigenvalue weighted by atomic mass is 16.5. The number of amides is 1. The number of aliphatic hydroxyl groups excluding tert-OH is 2. The fourth-order valence-electron chi connectivity index (χ4n) is 7.73. The Kier molecular flexibility index (Phi) is 5.98. The van der Waals surface area contributed by atoms with E-state index in [2.05, 4.69) is 10.3 Å². The van der Waals surface area contributed by atoms with Crippen LogP contribution in [0.2, 0.25) is 0 Å². The van der Waals surface area contributed by atoms with Gasteiger partial charge in [-0.05, 0) is 55.2 Å². The average molecular weight is 592 g/mol. The van der Waals surface area contributed by atoms with Gasteiger partial charge in [0.1, 0.15) is 29.1 Å². The molecule has 2 saturated carbocycles. The maximum absolute atomic E-state index is 14.2. The third-order valence-corrected chi connectivity index (χ3v) is 10.0. The Bertz CT molecular complexity index is 1660. The van der Waals surface area contributed by atoms with E-state index in [-0.39, 0.29) is 53.0 Å². The Hall–Kier alpha value is -4.00. The van der Waals surface area contributed by atoms with Crippen molar-refractivity contribution in [2.75, 3.05) is 13.2 Å². The zero-order chi connectivity index (χ0) is 30.6. The number of ketones is 2. The minimum absolute atomic E-state index is 0.000516. The van der Waals surface area contributed by atoms with E-state index in [0.717, 1.165) is 18.5 Å². The third kappa shape index (κ3) is 3.79. The summed E-state index contributed by atoms with van der Waals surface area (Å²) in [5.41, 5.74) is 3.51. The molecule has 3 fully saturated rings. The van der Waals surface area contributed by atoms with E-state index in [1.165, 1.54) is 6.07 Å². The molecule has 2 aromatic rings. The maximum Gasteiger partial charge on any atom is 0.255 e. The van der Waals surface area contributed by atoms with Crippen molar-refractivity contribution in [1.82, 2.24) is 10.3 Å². The number of ether oxygens (including phenoxy) is 1. The molecule has 226 valence electrons. The van der Waals surface area contributed by atoms with Gasteiger partial charge in [0, 0.05) is 28.5 Å². The van der Waals surface area contributed by atoms with Crippen LogP contribution >= 0.6 is 0 Å². The number of hydrogen-bond donors (Lipinski definition) is 6. The summed E-state index contributed by atoms with van der Waals surface area (Å²) in [6, 6.07) is 1.66. The molecular weight excluding hydrogens is 558 g/mol. The van der Waals surface area contributed by atoms with Gasteiger partial charge in [-0.15, -0.1) is 0 Å². The van der Waals surface area contributed by atoms with Crippen LogP contribution < -0.4 is 11.1 Å². The molecule has 1 saturated heterocycles. The monoisotopic (exact) mass is 591 g/mol. The van der Waals surface area contributed by atoms with Crippen molar-refractivity contribution in [3.8, 4) is 17.2 Å². The van der Waals surface area contributed by atoms with Crippen LogP contribution in [0, 0.1) is 17.3 Å². The number of hydrogen-bond acceptors (Lipinski definition) is 11. The number of benzene rings is 1. The van der Waals surface area contributed by atoms with E-state index >= 15 is 0 Å². The zero-order valence-electron chi connectivity index (χ0n) is 23.7. The van der Waals surface area contributed by atoms with E-state index in [0.29, 0.717) is 24.3 Å². The predicted molar refractivity (Wildman–Crippen MR) is 150 cm³/mol. The van der Waals surface area contributed by atoms with Crippen molar-refractivity contribution in [3.63, 3.8) is 0 Å². The Morgan fingerprint density at radius 3 is 2.49 bits per heavy atom. The maximum atomic E-state index is 14.2. The first-order valence-corrected chi connectivity index (χ1v) is 14.5.